The zero-order chi connectivity index (χ0) is 20.1. The fourth-order valence-corrected chi connectivity index (χ4v) is 4.55. The molecule has 2 aliphatic carbocycles. The maximum absolute atomic E-state index is 12.6. The van der Waals surface area contributed by atoms with Gasteiger partial charge in [-0.25, -0.2) is 0 Å². The van der Waals surface area contributed by atoms with Crippen LogP contribution in [0.1, 0.15) is 56.9 Å². The summed E-state index contributed by atoms with van der Waals surface area (Å²) >= 11 is 0. The molecule has 0 spiro atoms. The number of hydrogen-bond acceptors (Lipinski definition) is 3. The van der Waals surface area contributed by atoms with Crippen molar-refractivity contribution in [3.05, 3.63) is 53.3 Å². The zero-order valence-electron chi connectivity index (χ0n) is 16.9. The number of morpholine rings is 1. The lowest BCUT2D eigenvalue weighted by Gasteiger charge is -2.39. The Bertz CT molecular complexity index is 800. The van der Waals surface area contributed by atoms with Crippen LogP contribution >= 0.6 is 0 Å². The van der Waals surface area contributed by atoms with Crippen LogP contribution in [0.5, 0.6) is 0 Å². The summed E-state index contributed by atoms with van der Waals surface area (Å²) in [5, 5.41) is 6.16. The number of allylic oxidation sites excluding steroid dienone is 1. The molecule has 2 amide bonds. The van der Waals surface area contributed by atoms with Gasteiger partial charge in [0.1, 0.15) is 6.10 Å². The molecule has 1 aromatic carbocycles. The number of hydrogen-bond donors (Lipinski definition) is 2. The van der Waals surface area contributed by atoms with Gasteiger partial charge in [-0.15, -0.1) is 0 Å². The minimum Gasteiger partial charge on any atom is -0.483 e. The predicted octanol–water partition coefficient (Wildman–Crippen LogP) is 3.72. The summed E-state index contributed by atoms with van der Waals surface area (Å²) < 4.78 is 6.00. The number of nitrogens with one attached hydrogen (secondary N) is 2. The molecule has 3 aliphatic rings. The van der Waals surface area contributed by atoms with E-state index in [0.717, 1.165) is 24.8 Å². The van der Waals surface area contributed by atoms with Gasteiger partial charge in [0.2, 0.25) is 5.91 Å². The van der Waals surface area contributed by atoms with Gasteiger partial charge < -0.3 is 15.4 Å². The van der Waals surface area contributed by atoms with Gasteiger partial charge in [0, 0.05) is 12.5 Å². The van der Waals surface area contributed by atoms with E-state index in [1.54, 1.807) is 6.08 Å². The van der Waals surface area contributed by atoms with Gasteiger partial charge >= 0.3 is 0 Å². The standard InChI is InChI=1S/C24H30N2O3/c27-23(25-14-13-17-7-3-1-4-8-17)19-11-12-21-20(16-19)26-24(28)22(29-21)15-18-9-5-2-6-10-18/h2,5-7,9-10,15,19-21H,1,3-4,8,11-14,16H2,(H,25,27)(H,26,28)/b22-15-. The molecule has 5 nitrogen and oxygen atoms in total. The summed E-state index contributed by atoms with van der Waals surface area (Å²) in [6.07, 6.45) is 12.1. The van der Waals surface area contributed by atoms with Crippen molar-refractivity contribution in [1.29, 1.82) is 0 Å². The molecule has 1 aromatic rings. The molecular formula is C24H30N2O3. The first-order valence-corrected chi connectivity index (χ1v) is 10.9. The molecule has 1 saturated carbocycles. The normalized spacial score (nSPS) is 28.0. The first-order chi connectivity index (χ1) is 14.2. The van der Waals surface area contributed by atoms with Crippen molar-refractivity contribution in [1.82, 2.24) is 10.6 Å². The van der Waals surface area contributed by atoms with Crippen molar-refractivity contribution in [2.24, 2.45) is 5.92 Å². The lowest BCUT2D eigenvalue weighted by molar-refractivity contribution is -0.134. The second kappa shape index (κ2) is 9.29. The van der Waals surface area contributed by atoms with Crippen LogP contribution in [0.3, 0.4) is 0 Å². The highest BCUT2D eigenvalue weighted by atomic mass is 16.5. The van der Waals surface area contributed by atoms with Gasteiger partial charge in [-0.05, 0) is 63.0 Å². The molecule has 2 N–H and O–H groups in total. The van der Waals surface area contributed by atoms with E-state index < -0.39 is 0 Å². The maximum Gasteiger partial charge on any atom is 0.286 e. The average molecular weight is 395 g/mol. The number of rotatable bonds is 5. The highest BCUT2D eigenvalue weighted by Crippen LogP contribution is 2.31. The number of carbonyl (C=O) groups excluding carboxylic acids is 2. The molecule has 29 heavy (non-hydrogen) atoms. The van der Waals surface area contributed by atoms with Crippen molar-refractivity contribution in [3.63, 3.8) is 0 Å². The smallest absolute Gasteiger partial charge is 0.286 e. The second-order valence-electron chi connectivity index (χ2n) is 8.31. The first-order valence-electron chi connectivity index (χ1n) is 10.9. The minimum atomic E-state index is -0.194. The molecule has 4 rings (SSSR count). The molecule has 1 aliphatic heterocycles. The largest absolute Gasteiger partial charge is 0.483 e. The summed E-state index contributed by atoms with van der Waals surface area (Å²) in [5.41, 5.74) is 2.42. The Morgan fingerprint density at radius 2 is 2.07 bits per heavy atom. The molecule has 3 unspecified atom stereocenters. The molecule has 154 valence electrons. The highest BCUT2D eigenvalue weighted by Gasteiger charge is 2.40. The van der Waals surface area contributed by atoms with Crippen LogP contribution in [-0.4, -0.2) is 30.5 Å². The van der Waals surface area contributed by atoms with Crippen molar-refractivity contribution in [3.8, 4) is 0 Å². The molecule has 5 heteroatoms. The van der Waals surface area contributed by atoms with E-state index in [4.69, 9.17) is 4.74 Å². The van der Waals surface area contributed by atoms with Gasteiger partial charge in [-0.1, -0.05) is 42.0 Å². The summed E-state index contributed by atoms with van der Waals surface area (Å²) in [6, 6.07) is 9.61. The molecule has 1 heterocycles. The topological polar surface area (TPSA) is 67.4 Å². The zero-order valence-corrected chi connectivity index (χ0v) is 16.9. The lowest BCUT2D eigenvalue weighted by Crippen LogP contribution is -2.54. The Morgan fingerprint density at radius 1 is 1.21 bits per heavy atom. The van der Waals surface area contributed by atoms with Crippen LogP contribution in [-0.2, 0) is 14.3 Å². The third-order valence-electron chi connectivity index (χ3n) is 6.20. The predicted molar refractivity (Wildman–Crippen MR) is 113 cm³/mol. The Labute approximate surface area is 172 Å². The van der Waals surface area contributed by atoms with Crippen molar-refractivity contribution < 1.29 is 14.3 Å². The lowest BCUT2D eigenvalue weighted by atomic mass is 9.82. The number of benzene rings is 1. The van der Waals surface area contributed by atoms with Crippen molar-refractivity contribution in [2.45, 2.75) is 63.5 Å². The molecule has 0 radical (unpaired) electrons. The van der Waals surface area contributed by atoms with E-state index in [-0.39, 0.29) is 29.9 Å². The van der Waals surface area contributed by atoms with Gasteiger partial charge in [0.25, 0.3) is 5.91 Å². The fourth-order valence-electron chi connectivity index (χ4n) is 4.55. The fraction of sp³-hybridized carbons (Fsp3) is 0.500. The summed E-state index contributed by atoms with van der Waals surface area (Å²) in [5.74, 6) is 0.223. The van der Waals surface area contributed by atoms with Crippen LogP contribution in [0.2, 0.25) is 0 Å². The van der Waals surface area contributed by atoms with Crippen molar-refractivity contribution >= 4 is 17.9 Å². The number of fused-ring (bicyclic) bond motifs is 1. The van der Waals surface area contributed by atoms with E-state index in [1.807, 2.05) is 30.3 Å². The molecule has 0 bridgehead atoms. The number of ether oxygens (including phenoxy) is 1. The summed E-state index contributed by atoms with van der Waals surface area (Å²) in [4.78, 5) is 25.1. The van der Waals surface area contributed by atoms with Gasteiger partial charge in [-0.3, -0.25) is 9.59 Å². The van der Waals surface area contributed by atoms with Gasteiger partial charge in [0.05, 0.1) is 6.04 Å². The van der Waals surface area contributed by atoms with Crippen LogP contribution in [0.4, 0.5) is 0 Å². The molecular weight excluding hydrogens is 364 g/mol. The second-order valence-corrected chi connectivity index (χ2v) is 8.31. The Kier molecular flexibility index (Phi) is 6.33. The van der Waals surface area contributed by atoms with Crippen LogP contribution in [0, 0.1) is 5.92 Å². The Hall–Kier alpha value is -2.56. The number of carbonyl (C=O) groups is 2. The monoisotopic (exact) mass is 394 g/mol. The van der Waals surface area contributed by atoms with E-state index in [9.17, 15) is 9.59 Å². The molecule has 1 saturated heterocycles. The minimum absolute atomic E-state index is 0.0554. The quantitative estimate of drug-likeness (QED) is 0.591. The van der Waals surface area contributed by atoms with E-state index in [1.165, 1.54) is 31.3 Å². The first kappa shape index (κ1) is 19.7. The van der Waals surface area contributed by atoms with Crippen LogP contribution in [0.15, 0.2) is 47.7 Å². The van der Waals surface area contributed by atoms with Gasteiger partial charge in [0.15, 0.2) is 5.76 Å². The number of amides is 2. The summed E-state index contributed by atoms with van der Waals surface area (Å²) in [7, 11) is 0. The third kappa shape index (κ3) is 5.08. The molecule has 2 fully saturated rings. The molecule has 3 atom stereocenters. The maximum atomic E-state index is 12.6. The van der Waals surface area contributed by atoms with E-state index in [0.29, 0.717) is 18.7 Å². The highest BCUT2D eigenvalue weighted by molar-refractivity contribution is 5.96. The Morgan fingerprint density at radius 3 is 2.86 bits per heavy atom. The average Bonchev–Trinajstić information content (AvgIpc) is 2.75. The third-order valence-corrected chi connectivity index (χ3v) is 6.20. The van der Waals surface area contributed by atoms with Crippen molar-refractivity contribution in [2.75, 3.05) is 6.54 Å². The van der Waals surface area contributed by atoms with Crippen LogP contribution < -0.4 is 10.6 Å². The van der Waals surface area contributed by atoms with Gasteiger partial charge in [-0.2, -0.15) is 0 Å². The molecule has 0 aromatic heterocycles. The van der Waals surface area contributed by atoms with E-state index >= 15 is 0 Å². The van der Waals surface area contributed by atoms with Crippen LogP contribution in [0.25, 0.3) is 6.08 Å². The summed E-state index contributed by atoms with van der Waals surface area (Å²) in [6.45, 7) is 0.710. The SMILES string of the molecule is O=C1NC2CC(C(=O)NCCC3=CCCCC3)CCC2O/C1=C\c1ccccc1. The van der Waals surface area contributed by atoms with E-state index in [2.05, 4.69) is 16.7 Å². The Balaban J connectivity index is 1.28.